The molecule has 20 heavy (non-hydrogen) atoms. The van der Waals surface area contributed by atoms with Gasteiger partial charge in [-0.1, -0.05) is 66.5 Å². The van der Waals surface area contributed by atoms with Gasteiger partial charge >= 0.3 is 0 Å². The molecular weight excluding hydrogens is 340 g/mol. The summed E-state index contributed by atoms with van der Waals surface area (Å²) in [5.41, 5.74) is 2.05. The minimum Gasteiger partial charge on any atom is -0.298 e. The second-order valence-electron chi connectivity index (χ2n) is 5.67. The molecule has 0 aliphatic heterocycles. The van der Waals surface area contributed by atoms with Crippen LogP contribution in [-0.4, -0.2) is 16.1 Å². The van der Waals surface area contributed by atoms with E-state index in [1.807, 2.05) is 45.0 Å². The minimum absolute atomic E-state index is 0.223. The van der Waals surface area contributed by atoms with Crippen LogP contribution in [0.15, 0.2) is 28.7 Å². The largest absolute Gasteiger partial charge is 0.298 e. The molecule has 5 heteroatoms. The van der Waals surface area contributed by atoms with Crippen LogP contribution < -0.4 is 0 Å². The van der Waals surface area contributed by atoms with E-state index in [0.717, 1.165) is 22.0 Å². The Bertz CT molecular complexity index is 644. The van der Waals surface area contributed by atoms with Gasteiger partial charge in [-0.2, -0.15) is 5.10 Å². The molecule has 0 radical (unpaired) electrons. The summed E-state index contributed by atoms with van der Waals surface area (Å²) in [7, 11) is 0. The molecule has 0 saturated heterocycles. The Morgan fingerprint density at radius 2 is 2.00 bits per heavy atom. The Morgan fingerprint density at radius 3 is 2.50 bits per heavy atom. The van der Waals surface area contributed by atoms with Crippen molar-refractivity contribution < 1.29 is 4.79 Å². The van der Waals surface area contributed by atoms with E-state index in [0.29, 0.717) is 17.3 Å². The van der Waals surface area contributed by atoms with Gasteiger partial charge in [-0.15, -0.1) is 0 Å². The molecule has 0 unspecified atom stereocenters. The molecule has 0 N–H and O–H groups in total. The molecule has 2 rings (SSSR count). The van der Waals surface area contributed by atoms with Gasteiger partial charge in [0, 0.05) is 9.89 Å². The van der Waals surface area contributed by atoms with E-state index in [2.05, 4.69) is 21.0 Å². The first-order chi connectivity index (χ1) is 9.34. The number of hydrogen-bond acceptors (Lipinski definition) is 2. The first-order valence-corrected chi connectivity index (χ1v) is 7.47. The molecule has 0 amide bonds. The van der Waals surface area contributed by atoms with Gasteiger partial charge in [-0.05, 0) is 11.6 Å². The average Bonchev–Trinajstić information content (AvgIpc) is 2.69. The van der Waals surface area contributed by atoms with Crippen molar-refractivity contribution >= 4 is 33.8 Å². The van der Waals surface area contributed by atoms with Gasteiger partial charge < -0.3 is 0 Å². The summed E-state index contributed by atoms with van der Waals surface area (Å²) in [5.74, 6) is 0. The van der Waals surface area contributed by atoms with Crippen LogP contribution in [-0.2, 0) is 12.0 Å². The number of nitrogens with zero attached hydrogens (tertiary/aromatic N) is 2. The predicted molar refractivity (Wildman–Crippen MR) is 84.6 cm³/mol. The highest BCUT2D eigenvalue weighted by Crippen LogP contribution is 2.29. The van der Waals surface area contributed by atoms with E-state index in [1.165, 1.54) is 0 Å². The smallest absolute Gasteiger partial charge is 0.155 e. The van der Waals surface area contributed by atoms with Gasteiger partial charge in [0.05, 0.1) is 17.8 Å². The van der Waals surface area contributed by atoms with Crippen molar-refractivity contribution in [3.05, 3.63) is 50.7 Å². The standard InChI is InChI=1S/C15H16BrClN2O/c1-15(2,3)13-11(9-20)14(17)19(18-13)8-10-6-4-5-7-12(10)16/h4-7,9H,8H2,1-3H3. The summed E-state index contributed by atoms with van der Waals surface area (Å²) < 4.78 is 2.67. The number of halogens is 2. The number of carbonyl (C=O) groups excluding carboxylic acids is 1. The third-order valence-electron chi connectivity index (χ3n) is 3.03. The van der Waals surface area contributed by atoms with Gasteiger partial charge in [0.25, 0.3) is 0 Å². The maximum absolute atomic E-state index is 11.3. The number of rotatable bonds is 3. The minimum atomic E-state index is -0.223. The molecule has 106 valence electrons. The van der Waals surface area contributed by atoms with Crippen molar-refractivity contribution in [2.45, 2.75) is 32.7 Å². The molecule has 0 bridgehead atoms. The van der Waals surface area contributed by atoms with E-state index >= 15 is 0 Å². The molecule has 0 saturated carbocycles. The Balaban J connectivity index is 2.46. The van der Waals surface area contributed by atoms with Gasteiger partial charge in [0.2, 0.25) is 0 Å². The van der Waals surface area contributed by atoms with Crippen LogP contribution >= 0.6 is 27.5 Å². The summed E-state index contributed by atoms with van der Waals surface area (Å²) >= 11 is 9.80. The molecular formula is C15H16BrClN2O. The summed E-state index contributed by atoms with van der Waals surface area (Å²) in [6, 6.07) is 7.88. The third kappa shape index (κ3) is 2.96. The lowest BCUT2D eigenvalue weighted by Crippen LogP contribution is -2.15. The molecule has 1 aromatic heterocycles. The van der Waals surface area contributed by atoms with E-state index in [-0.39, 0.29) is 5.41 Å². The van der Waals surface area contributed by atoms with Crippen LogP contribution in [0.5, 0.6) is 0 Å². The highest BCUT2D eigenvalue weighted by Gasteiger charge is 2.25. The first kappa shape index (κ1) is 15.3. The summed E-state index contributed by atoms with van der Waals surface area (Å²) in [5, 5.41) is 4.91. The molecule has 0 fully saturated rings. The summed E-state index contributed by atoms with van der Waals surface area (Å²) in [6.07, 6.45) is 0.784. The van der Waals surface area contributed by atoms with Crippen molar-refractivity contribution in [3.63, 3.8) is 0 Å². The predicted octanol–water partition coefficient (Wildman–Crippen LogP) is 4.46. The van der Waals surface area contributed by atoms with Crippen LogP contribution in [0.4, 0.5) is 0 Å². The lowest BCUT2D eigenvalue weighted by atomic mass is 9.90. The zero-order chi connectivity index (χ0) is 14.9. The zero-order valence-electron chi connectivity index (χ0n) is 11.7. The first-order valence-electron chi connectivity index (χ1n) is 6.30. The fraction of sp³-hybridized carbons (Fsp3) is 0.333. The molecule has 0 spiro atoms. The Hall–Kier alpha value is -1.13. The van der Waals surface area contributed by atoms with Crippen molar-refractivity contribution in [1.29, 1.82) is 0 Å². The Kier molecular flexibility index (Phi) is 4.35. The van der Waals surface area contributed by atoms with E-state index in [1.54, 1.807) is 4.68 Å². The van der Waals surface area contributed by atoms with Crippen LogP contribution in [0.2, 0.25) is 5.15 Å². The molecule has 1 heterocycles. The quantitative estimate of drug-likeness (QED) is 0.762. The number of hydrogen-bond donors (Lipinski definition) is 0. The topological polar surface area (TPSA) is 34.9 Å². The lowest BCUT2D eigenvalue weighted by Gasteiger charge is -2.15. The third-order valence-corrected chi connectivity index (χ3v) is 4.20. The normalized spacial score (nSPS) is 11.7. The SMILES string of the molecule is CC(C)(C)c1nn(Cc2ccccc2Br)c(Cl)c1C=O. The molecule has 1 aromatic carbocycles. The fourth-order valence-corrected chi connectivity index (χ4v) is 2.65. The zero-order valence-corrected chi connectivity index (χ0v) is 14.0. The van der Waals surface area contributed by atoms with Crippen LogP contribution in [0.3, 0.4) is 0 Å². The summed E-state index contributed by atoms with van der Waals surface area (Å²) in [4.78, 5) is 11.3. The Morgan fingerprint density at radius 1 is 1.35 bits per heavy atom. The highest BCUT2D eigenvalue weighted by atomic mass is 79.9. The second kappa shape index (κ2) is 5.70. The number of benzene rings is 1. The Labute approximate surface area is 132 Å². The molecule has 0 aliphatic rings. The highest BCUT2D eigenvalue weighted by molar-refractivity contribution is 9.10. The maximum atomic E-state index is 11.3. The number of carbonyl (C=O) groups is 1. The van der Waals surface area contributed by atoms with Crippen LogP contribution in [0.25, 0.3) is 0 Å². The van der Waals surface area contributed by atoms with Gasteiger partial charge in [0.15, 0.2) is 6.29 Å². The van der Waals surface area contributed by atoms with Crippen molar-refractivity contribution in [2.75, 3.05) is 0 Å². The monoisotopic (exact) mass is 354 g/mol. The van der Waals surface area contributed by atoms with E-state index < -0.39 is 0 Å². The number of aldehydes is 1. The molecule has 0 atom stereocenters. The van der Waals surface area contributed by atoms with E-state index in [9.17, 15) is 4.79 Å². The van der Waals surface area contributed by atoms with Crippen molar-refractivity contribution in [3.8, 4) is 0 Å². The molecule has 2 aromatic rings. The number of aromatic nitrogens is 2. The molecule has 0 aliphatic carbocycles. The maximum Gasteiger partial charge on any atom is 0.155 e. The van der Waals surface area contributed by atoms with Crippen molar-refractivity contribution in [2.24, 2.45) is 0 Å². The second-order valence-corrected chi connectivity index (χ2v) is 6.88. The van der Waals surface area contributed by atoms with Crippen molar-refractivity contribution in [1.82, 2.24) is 9.78 Å². The van der Waals surface area contributed by atoms with Gasteiger partial charge in [0.1, 0.15) is 5.15 Å². The van der Waals surface area contributed by atoms with E-state index in [4.69, 9.17) is 11.6 Å². The van der Waals surface area contributed by atoms with Crippen LogP contribution in [0, 0.1) is 0 Å². The van der Waals surface area contributed by atoms with Gasteiger partial charge in [-0.3, -0.25) is 4.79 Å². The summed E-state index contributed by atoms with van der Waals surface area (Å²) in [6.45, 7) is 6.57. The lowest BCUT2D eigenvalue weighted by molar-refractivity contribution is 0.112. The molecule has 3 nitrogen and oxygen atoms in total. The fourth-order valence-electron chi connectivity index (χ4n) is 2.01. The average molecular weight is 356 g/mol. The van der Waals surface area contributed by atoms with Gasteiger partial charge in [-0.25, -0.2) is 4.68 Å². The van der Waals surface area contributed by atoms with Crippen LogP contribution in [0.1, 0.15) is 42.4 Å².